The van der Waals surface area contributed by atoms with Crippen molar-refractivity contribution in [1.82, 2.24) is 14.6 Å². The van der Waals surface area contributed by atoms with Crippen molar-refractivity contribution in [2.24, 2.45) is 0 Å². The van der Waals surface area contributed by atoms with Crippen molar-refractivity contribution in [1.29, 1.82) is 0 Å². The van der Waals surface area contributed by atoms with Gasteiger partial charge in [0, 0.05) is 24.0 Å². The predicted octanol–water partition coefficient (Wildman–Crippen LogP) is 4.78. The Morgan fingerprint density at radius 1 is 1.19 bits per heavy atom. The molecule has 0 saturated carbocycles. The molecule has 0 N–H and O–H groups in total. The second kappa shape index (κ2) is 6.90. The standard InChI is InChI=1S/C19H15ClN4OS/c1-2-23(13-8-4-3-5-9-13)19(25)18-22-16(17(20)26-18)14-12-21-24-11-7-6-10-15(14)24/h3-12H,2H2,1H3. The number of rotatable bonds is 4. The number of benzene rings is 1. The largest absolute Gasteiger partial charge is 0.307 e. The highest BCUT2D eigenvalue weighted by molar-refractivity contribution is 7.18. The number of pyridine rings is 1. The van der Waals surface area contributed by atoms with Crippen molar-refractivity contribution in [2.75, 3.05) is 11.4 Å². The summed E-state index contributed by atoms with van der Waals surface area (Å²) < 4.78 is 2.24. The third-order valence-corrected chi connectivity index (χ3v) is 5.32. The molecule has 0 atom stereocenters. The van der Waals surface area contributed by atoms with Gasteiger partial charge in [0.25, 0.3) is 5.91 Å². The van der Waals surface area contributed by atoms with Crippen LogP contribution < -0.4 is 4.90 Å². The highest BCUT2D eigenvalue weighted by atomic mass is 35.5. The molecule has 26 heavy (non-hydrogen) atoms. The first kappa shape index (κ1) is 16.8. The first-order chi connectivity index (χ1) is 12.7. The van der Waals surface area contributed by atoms with Gasteiger partial charge in [-0.25, -0.2) is 9.50 Å². The molecule has 1 aromatic carbocycles. The average Bonchev–Trinajstić information content (AvgIpc) is 3.26. The van der Waals surface area contributed by atoms with Crippen molar-refractivity contribution in [3.8, 4) is 11.3 Å². The average molecular weight is 383 g/mol. The van der Waals surface area contributed by atoms with E-state index in [-0.39, 0.29) is 5.91 Å². The van der Waals surface area contributed by atoms with Crippen LogP contribution in [-0.2, 0) is 0 Å². The van der Waals surface area contributed by atoms with Gasteiger partial charge in [-0.15, -0.1) is 0 Å². The molecule has 0 aliphatic heterocycles. The van der Waals surface area contributed by atoms with Crippen molar-refractivity contribution in [3.63, 3.8) is 0 Å². The Morgan fingerprint density at radius 2 is 1.96 bits per heavy atom. The van der Waals surface area contributed by atoms with E-state index in [1.54, 1.807) is 15.6 Å². The monoisotopic (exact) mass is 382 g/mol. The minimum absolute atomic E-state index is 0.159. The van der Waals surface area contributed by atoms with Crippen molar-refractivity contribution in [3.05, 3.63) is 70.3 Å². The first-order valence-electron chi connectivity index (χ1n) is 8.15. The molecule has 3 heterocycles. The Labute approximate surface area is 159 Å². The molecular weight excluding hydrogens is 368 g/mol. The van der Waals surface area contributed by atoms with Gasteiger partial charge in [-0.3, -0.25) is 4.79 Å². The van der Waals surface area contributed by atoms with Crippen LogP contribution in [0.1, 0.15) is 16.7 Å². The Bertz CT molecular complexity index is 1070. The van der Waals surface area contributed by atoms with Gasteiger partial charge in [0.2, 0.25) is 0 Å². The number of carbonyl (C=O) groups is 1. The van der Waals surface area contributed by atoms with Gasteiger partial charge in [0.05, 0.1) is 11.7 Å². The van der Waals surface area contributed by atoms with E-state index in [2.05, 4.69) is 10.1 Å². The zero-order chi connectivity index (χ0) is 18.1. The van der Waals surface area contributed by atoms with E-state index in [1.165, 1.54) is 11.3 Å². The second-order valence-electron chi connectivity index (χ2n) is 5.61. The fourth-order valence-corrected chi connectivity index (χ4v) is 3.96. The zero-order valence-corrected chi connectivity index (χ0v) is 15.5. The molecule has 3 aromatic heterocycles. The van der Waals surface area contributed by atoms with Crippen molar-refractivity contribution < 1.29 is 4.79 Å². The molecule has 4 rings (SSSR count). The van der Waals surface area contributed by atoms with Gasteiger partial charge in [-0.05, 0) is 31.2 Å². The molecule has 0 radical (unpaired) electrons. The number of para-hydroxylation sites is 1. The van der Waals surface area contributed by atoms with Crippen LogP contribution in [0.2, 0.25) is 4.34 Å². The van der Waals surface area contributed by atoms with Crippen LogP contribution in [0.3, 0.4) is 0 Å². The fraction of sp³-hybridized carbons (Fsp3) is 0.105. The number of fused-ring (bicyclic) bond motifs is 1. The summed E-state index contributed by atoms with van der Waals surface area (Å²) in [7, 11) is 0. The summed E-state index contributed by atoms with van der Waals surface area (Å²) in [6, 6.07) is 15.3. The summed E-state index contributed by atoms with van der Waals surface area (Å²) >= 11 is 7.62. The van der Waals surface area contributed by atoms with E-state index < -0.39 is 0 Å². The van der Waals surface area contributed by atoms with Crippen LogP contribution in [0.4, 0.5) is 5.69 Å². The van der Waals surface area contributed by atoms with E-state index in [9.17, 15) is 4.79 Å². The Morgan fingerprint density at radius 3 is 2.73 bits per heavy atom. The molecule has 1 amide bonds. The number of anilines is 1. The van der Waals surface area contributed by atoms with Crippen molar-refractivity contribution >= 4 is 40.0 Å². The highest BCUT2D eigenvalue weighted by Gasteiger charge is 2.23. The van der Waals surface area contributed by atoms with Crippen LogP contribution >= 0.6 is 22.9 Å². The lowest BCUT2D eigenvalue weighted by Crippen LogP contribution is -2.30. The molecule has 0 bridgehead atoms. The number of thiazole rings is 1. The molecule has 0 aliphatic rings. The Kier molecular flexibility index (Phi) is 4.44. The number of hydrogen-bond acceptors (Lipinski definition) is 4. The Hall–Kier alpha value is -2.70. The first-order valence-corrected chi connectivity index (χ1v) is 9.34. The summed E-state index contributed by atoms with van der Waals surface area (Å²) in [6.45, 7) is 2.48. The minimum atomic E-state index is -0.159. The molecule has 0 spiro atoms. The number of halogens is 1. The van der Waals surface area contributed by atoms with Gasteiger partial charge in [-0.1, -0.05) is 47.2 Å². The normalized spacial score (nSPS) is 11.0. The quantitative estimate of drug-likeness (QED) is 0.510. The topological polar surface area (TPSA) is 50.5 Å². The van der Waals surface area contributed by atoms with Crippen molar-refractivity contribution in [2.45, 2.75) is 6.92 Å². The molecule has 0 saturated heterocycles. The lowest BCUT2D eigenvalue weighted by Gasteiger charge is -2.19. The number of hydrogen-bond donors (Lipinski definition) is 0. The smallest absolute Gasteiger partial charge is 0.287 e. The Balaban J connectivity index is 1.73. The van der Waals surface area contributed by atoms with E-state index in [0.29, 0.717) is 21.6 Å². The molecule has 0 fully saturated rings. The summed E-state index contributed by atoms with van der Waals surface area (Å²) in [5.74, 6) is -0.159. The highest BCUT2D eigenvalue weighted by Crippen LogP contribution is 2.35. The number of nitrogens with zero attached hydrogens (tertiary/aromatic N) is 4. The van der Waals surface area contributed by atoms with E-state index in [0.717, 1.165) is 16.8 Å². The number of aromatic nitrogens is 3. The molecule has 4 aromatic rings. The van der Waals surface area contributed by atoms with Crippen LogP contribution in [0.5, 0.6) is 0 Å². The molecule has 130 valence electrons. The van der Waals surface area contributed by atoms with Gasteiger partial charge in [0.15, 0.2) is 5.01 Å². The van der Waals surface area contributed by atoms with Crippen LogP contribution in [0.15, 0.2) is 60.9 Å². The van der Waals surface area contributed by atoms with Crippen LogP contribution in [0.25, 0.3) is 16.8 Å². The van der Waals surface area contributed by atoms with E-state index >= 15 is 0 Å². The van der Waals surface area contributed by atoms with Gasteiger partial charge < -0.3 is 4.90 Å². The summed E-state index contributed by atoms with van der Waals surface area (Å²) in [6.07, 6.45) is 3.58. The summed E-state index contributed by atoms with van der Waals surface area (Å²) in [4.78, 5) is 19.2. The molecular formula is C19H15ClN4OS. The summed E-state index contributed by atoms with van der Waals surface area (Å²) in [5, 5.41) is 4.68. The molecule has 7 heteroatoms. The number of amides is 1. The fourth-order valence-electron chi connectivity index (χ4n) is 2.84. The maximum absolute atomic E-state index is 13.0. The zero-order valence-electron chi connectivity index (χ0n) is 14.0. The third kappa shape index (κ3) is 2.87. The third-order valence-electron chi connectivity index (χ3n) is 4.08. The molecule has 0 aliphatic carbocycles. The predicted molar refractivity (Wildman–Crippen MR) is 105 cm³/mol. The van der Waals surface area contributed by atoms with Gasteiger partial charge in [0.1, 0.15) is 10.0 Å². The second-order valence-corrected chi connectivity index (χ2v) is 7.22. The maximum Gasteiger partial charge on any atom is 0.287 e. The minimum Gasteiger partial charge on any atom is -0.307 e. The summed E-state index contributed by atoms with van der Waals surface area (Å²) in [5.41, 5.74) is 3.14. The molecule has 0 unspecified atom stereocenters. The SMILES string of the molecule is CCN(C(=O)c1nc(-c2cnn3ccccc23)c(Cl)s1)c1ccccc1. The molecule has 5 nitrogen and oxygen atoms in total. The van der Waals surface area contributed by atoms with E-state index in [1.807, 2.05) is 61.7 Å². The van der Waals surface area contributed by atoms with Crippen LogP contribution in [-0.4, -0.2) is 27.0 Å². The van der Waals surface area contributed by atoms with Gasteiger partial charge >= 0.3 is 0 Å². The lowest BCUT2D eigenvalue weighted by atomic mass is 10.2. The maximum atomic E-state index is 13.0. The van der Waals surface area contributed by atoms with Crippen LogP contribution in [0, 0.1) is 0 Å². The lowest BCUT2D eigenvalue weighted by molar-refractivity contribution is 0.0988. The van der Waals surface area contributed by atoms with Gasteiger partial charge in [-0.2, -0.15) is 5.10 Å². The number of carbonyl (C=O) groups excluding carboxylic acids is 1. The van der Waals surface area contributed by atoms with E-state index in [4.69, 9.17) is 11.6 Å².